The summed E-state index contributed by atoms with van der Waals surface area (Å²) < 4.78 is 6.22. The van der Waals surface area contributed by atoms with Crippen LogP contribution in [0.1, 0.15) is 10.6 Å². The molecule has 0 unspecified atom stereocenters. The summed E-state index contributed by atoms with van der Waals surface area (Å²) in [5, 5.41) is 10.4. The van der Waals surface area contributed by atoms with Crippen LogP contribution in [0, 0.1) is 0 Å². The zero-order valence-electron chi connectivity index (χ0n) is 10.1. The predicted molar refractivity (Wildman–Crippen MR) is 81.3 cm³/mol. The van der Waals surface area contributed by atoms with E-state index < -0.39 is 5.97 Å². The lowest BCUT2D eigenvalue weighted by Crippen LogP contribution is -1.95. The number of carboxylic acids is 1. The Morgan fingerprint density at radius 1 is 1.20 bits per heavy atom. The summed E-state index contributed by atoms with van der Waals surface area (Å²) in [4.78, 5) is 11.4. The molecule has 0 aliphatic heterocycles. The van der Waals surface area contributed by atoms with Gasteiger partial charge in [-0.1, -0.05) is 57.9 Å². The lowest BCUT2D eigenvalue weighted by molar-refractivity contribution is 0.0666. The first-order valence-corrected chi connectivity index (χ1v) is 6.95. The molecule has 0 bridgehead atoms. The third-order valence-electron chi connectivity index (χ3n) is 2.97. The lowest BCUT2D eigenvalue weighted by Gasteiger charge is -2.00. The Bertz CT molecular complexity index is 809. The minimum Gasteiger partial charge on any atom is -0.475 e. The maximum absolute atomic E-state index is 11.4. The van der Waals surface area contributed by atoms with E-state index in [2.05, 4.69) is 15.9 Å². The van der Waals surface area contributed by atoms with Gasteiger partial charge < -0.3 is 9.52 Å². The number of hydrogen-bond donors (Lipinski definition) is 1. The van der Waals surface area contributed by atoms with E-state index in [4.69, 9.17) is 16.0 Å². The number of carboxylic acid groups (broad SMARTS) is 1. The van der Waals surface area contributed by atoms with Crippen molar-refractivity contribution in [3.05, 3.63) is 57.7 Å². The van der Waals surface area contributed by atoms with Crippen molar-refractivity contribution in [3.8, 4) is 11.1 Å². The predicted octanol–water partition coefficient (Wildman–Crippen LogP) is 5.21. The molecule has 0 saturated carbocycles. The molecule has 0 atom stereocenters. The number of rotatable bonds is 2. The van der Waals surface area contributed by atoms with E-state index in [-0.39, 0.29) is 5.76 Å². The van der Waals surface area contributed by atoms with E-state index in [1.54, 1.807) is 12.1 Å². The van der Waals surface area contributed by atoms with Crippen LogP contribution in [0.5, 0.6) is 0 Å². The van der Waals surface area contributed by atoms with Crippen molar-refractivity contribution in [2.45, 2.75) is 0 Å². The Balaban J connectivity index is 2.44. The maximum atomic E-state index is 11.4. The topological polar surface area (TPSA) is 50.4 Å². The molecule has 0 aliphatic rings. The van der Waals surface area contributed by atoms with Crippen LogP contribution in [0.15, 0.2) is 51.4 Å². The second kappa shape index (κ2) is 4.96. The van der Waals surface area contributed by atoms with Crippen LogP contribution in [0.4, 0.5) is 0 Å². The molecule has 5 heteroatoms. The highest BCUT2D eigenvalue weighted by Crippen LogP contribution is 2.39. The summed E-state index contributed by atoms with van der Waals surface area (Å²) in [6.07, 6.45) is 0. The highest BCUT2D eigenvalue weighted by atomic mass is 79.9. The number of aromatic carboxylic acids is 1. The van der Waals surface area contributed by atoms with Gasteiger partial charge in [0.25, 0.3) is 0 Å². The fourth-order valence-electron chi connectivity index (χ4n) is 2.17. The molecule has 0 radical (unpaired) electrons. The molecule has 0 fully saturated rings. The van der Waals surface area contributed by atoms with E-state index in [0.717, 1.165) is 10.0 Å². The molecule has 1 aromatic heterocycles. The van der Waals surface area contributed by atoms with Crippen molar-refractivity contribution in [2.24, 2.45) is 0 Å². The van der Waals surface area contributed by atoms with Crippen molar-refractivity contribution in [3.63, 3.8) is 0 Å². The second-order valence-electron chi connectivity index (χ2n) is 4.24. The Kier molecular flexibility index (Phi) is 3.28. The number of benzene rings is 2. The van der Waals surface area contributed by atoms with Gasteiger partial charge >= 0.3 is 5.97 Å². The van der Waals surface area contributed by atoms with Gasteiger partial charge in [-0.05, 0) is 17.7 Å². The molecular weight excluding hydrogens is 344 g/mol. The van der Waals surface area contributed by atoms with E-state index >= 15 is 0 Å². The summed E-state index contributed by atoms with van der Waals surface area (Å²) in [6, 6.07) is 12.7. The molecule has 2 aromatic carbocycles. The standard InChI is InChI=1S/C15H8BrClO3/c16-9-6-10-12(8-4-2-1-3-5-8)14(15(18)19)20-13(10)11(17)7-9/h1-7H,(H,18,19). The first-order valence-electron chi connectivity index (χ1n) is 5.78. The number of halogens is 2. The smallest absolute Gasteiger partial charge is 0.372 e. The highest BCUT2D eigenvalue weighted by molar-refractivity contribution is 9.10. The Hall–Kier alpha value is -1.78. The van der Waals surface area contributed by atoms with Gasteiger partial charge in [0.1, 0.15) is 0 Å². The van der Waals surface area contributed by atoms with Gasteiger partial charge in [-0.3, -0.25) is 0 Å². The molecule has 0 saturated heterocycles. The van der Waals surface area contributed by atoms with E-state index in [9.17, 15) is 9.90 Å². The number of hydrogen-bond acceptors (Lipinski definition) is 2. The maximum Gasteiger partial charge on any atom is 0.372 e. The van der Waals surface area contributed by atoms with Gasteiger partial charge in [0.05, 0.1) is 5.02 Å². The number of carbonyl (C=O) groups is 1. The fraction of sp³-hybridized carbons (Fsp3) is 0. The summed E-state index contributed by atoms with van der Waals surface area (Å²) >= 11 is 9.49. The van der Waals surface area contributed by atoms with Gasteiger partial charge in [0, 0.05) is 15.4 Å². The lowest BCUT2D eigenvalue weighted by atomic mass is 10.0. The third kappa shape index (κ3) is 2.11. The molecule has 1 N–H and O–H groups in total. The largest absolute Gasteiger partial charge is 0.475 e. The molecule has 100 valence electrons. The first kappa shape index (κ1) is 13.2. The van der Waals surface area contributed by atoms with Crippen LogP contribution in [-0.2, 0) is 0 Å². The molecule has 0 amide bonds. The second-order valence-corrected chi connectivity index (χ2v) is 5.56. The average Bonchev–Trinajstić information content (AvgIpc) is 2.79. The van der Waals surface area contributed by atoms with Crippen molar-refractivity contribution in [1.82, 2.24) is 0 Å². The van der Waals surface area contributed by atoms with Crippen LogP contribution in [0.3, 0.4) is 0 Å². The molecule has 1 heterocycles. The van der Waals surface area contributed by atoms with Crippen molar-refractivity contribution in [2.75, 3.05) is 0 Å². The normalized spacial score (nSPS) is 10.9. The van der Waals surface area contributed by atoms with Crippen LogP contribution in [0.25, 0.3) is 22.1 Å². The molecule has 0 aliphatic carbocycles. The highest BCUT2D eigenvalue weighted by Gasteiger charge is 2.22. The molecule has 3 rings (SSSR count). The molecule has 0 spiro atoms. The van der Waals surface area contributed by atoms with Crippen molar-refractivity contribution < 1.29 is 14.3 Å². The number of furan rings is 1. The third-order valence-corrected chi connectivity index (χ3v) is 3.70. The minimum absolute atomic E-state index is 0.105. The fourth-order valence-corrected chi connectivity index (χ4v) is 3.01. The quantitative estimate of drug-likeness (QED) is 0.689. The summed E-state index contributed by atoms with van der Waals surface area (Å²) in [5.41, 5.74) is 1.69. The minimum atomic E-state index is -1.12. The van der Waals surface area contributed by atoms with Gasteiger partial charge in [-0.15, -0.1) is 0 Å². The van der Waals surface area contributed by atoms with Crippen molar-refractivity contribution >= 4 is 44.5 Å². The SMILES string of the molecule is O=C(O)c1oc2c(Cl)cc(Br)cc2c1-c1ccccc1. The summed E-state index contributed by atoms with van der Waals surface area (Å²) in [5.74, 6) is -1.22. The van der Waals surface area contributed by atoms with Crippen LogP contribution >= 0.6 is 27.5 Å². The molecular formula is C15H8BrClO3. The zero-order valence-corrected chi connectivity index (χ0v) is 12.4. The van der Waals surface area contributed by atoms with E-state index in [1.807, 2.05) is 30.3 Å². The van der Waals surface area contributed by atoms with E-state index in [1.165, 1.54) is 0 Å². The molecule has 3 aromatic rings. The molecule has 20 heavy (non-hydrogen) atoms. The average molecular weight is 352 g/mol. The summed E-state index contributed by atoms with van der Waals surface area (Å²) in [6.45, 7) is 0. The summed E-state index contributed by atoms with van der Waals surface area (Å²) in [7, 11) is 0. The Morgan fingerprint density at radius 3 is 2.55 bits per heavy atom. The van der Waals surface area contributed by atoms with Crippen molar-refractivity contribution in [1.29, 1.82) is 0 Å². The van der Waals surface area contributed by atoms with Gasteiger partial charge in [-0.2, -0.15) is 0 Å². The van der Waals surface area contributed by atoms with Crippen LogP contribution in [-0.4, -0.2) is 11.1 Å². The monoisotopic (exact) mass is 350 g/mol. The van der Waals surface area contributed by atoms with Gasteiger partial charge in [0.15, 0.2) is 5.58 Å². The Labute approximate surface area is 127 Å². The van der Waals surface area contributed by atoms with Crippen LogP contribution in [0.2, 0.25) is 5.02 Å². The molecule has 3 nitrogen and oxygen atoms in total. The van der Waals surface area contributed by atoms with E-state index in [0.29, 0.717) is 21.6 Å². The zero-order chi connectivity index (χ0) is 14.3. The van der Waals surface area contributed by atoms with Gasteiger partial charge in [0.2, 0.25) is 5.76 Å². The van der Waals surface area contributed by atoms with Gasteiger partial charge in [-0.25, -0.2) is 4.79 Å². The first-order chi connectivity index (χ1) is 9.58. The van der Waals surface area contributed by atoms with Crippen LogP contribution < -0.4 is 0 Å². The number of fused-ring (bicyclic) bond motifs is 1. The Morgan fingerprint density at radius 2 is 1.90 bits per heavy atom.